The molecular formula is C14H19BrN4. The van der Waals surface area contributed by atoms with Crippen LogP contribution >= 0.6 is 15.9 Å². The minimum Gasteiger partial charge on any atom is -0.273 e. The van der Waals surface area contributed by atoms with E-state index >= 15 is 0 Å². The van der Waals surface area contributed by atoms with Gasteiger partial charge in [-0.15, -0.1) is 0 Å². The molecule has 19 heavy (non-hydrogen) atoms. The molecule has 5 heteroatoms. The summed E-state index contributed by atoms with van der Waals surface area (Å²) in [7, 11) is 0. The lowest BCUT2D eigenvalue weighted by Crippen LogP contribution is -2.29. The van der Waals surface area contributed by atoms with Crippen LogP contribution in [0.25, 0.3) is 0 Å². The van der Waals surface area contributed by atoms with E-state index in [0.29, 0.717) is 0 Å². The van der Waals surface area contributed by atoms with Crippen molar-refractivity contribution >= 4 is 15.9 Å². The topological polar surface area (TPSA) is 55.9 Å². The van der Waals surface area contributed by atoms with Gasteiger partial charge in [0.2, 0.25) is 0 Å². The van der Waals surface area contributed by atoms with Gasteiger partial charge in [0.25, 0.3) is 0 Å². The summed E-state index contributed by atoms with van der Waals surface area (Å²) in [5, 5.41) is 4.29. The monoisotopic (exact) mass is 322 g/mol. The van der Waals surface area contributed by atoms with Crippen molar-refractivity contribution < 1.29 is 0 Å². The van der Waals surface area contributed by atoms with Gasteiger partial charge in [-0.2, -0.15) is 5.10 Å². The third kappa shape index (κ3) is 3.43. The first-order valence-corrected chi connectivity index (χ1v) is 7.16. The Hall–Kier alpha value is -1.17. The normalized spacial score (nSPS) is 12.6. The molecule has 1 heterocycles. The highest BCUT2D eigenvalue weighted by Crippen LogP contribution is 2.23. The van der Waals surface area contributed by atoms with Crippen LogP contribution in [0.15, 0.2) is 35.1 Å². The van der Waals surface area contributed by atoms with Crippen LogP contribution in [0.5, 0.6) is 0 Å². The molecule has 0 saturated heterocycles. The fourth-order valence-corrected chi connectivity index (χ4v) is 2.32. The van der Waals surface area contributed by atoms with Gasteiger partial charge in [0.15, 0.2) is 0 Å². The lowest BCUT2D eigenvalue weighted by atomic mass is 10.00. The summed E-state index contributed by atoms with van der Waals surface area (Å²) in [4.78, 5) is 0. The molecule has 4 nitrogen and oxygen atoms in total. The van der Waals surface area contributed by atoms with Crippen molar-refractivity contribution in [3.05, 3.63) is 51.8 Å². The molecule has 2 rings (SSSR count). The molecular weight excluding hydrogens is 304 g/mol. The third-order valence-electron chi connectivity index (χ3n) is 3.24. The molecule has 3 N–H and O–H groups in total. The number of hydrazine groups is 1. The quantitative estimate of drug-likeness (QED) is 0.657. The largest absolute Gasteiger partial charge is 0.273 e. The molecule has 0 spiro atoms. The first-order valence-electron chi connectivity index (χ1n) is 6.37. The van der Waals surface area contributed by atoms with Crippen LogP contribution in [-0.2, 0) is 13.0 Å². The fraction of sp³-hybridized carbons (Fsp3) is 0.357. The van der Waals surface area contributed by atoms with Crippen LogP contribution in [-0.4, -0.2) is 9.78 Å². The SMILES string of the molecule is CCn1cc(CC(NN)c2ccc(Br)c(C)c2)cn1. The van der Waals surface area contributed by atoms with Gasteiger partial charge in [-0.25, -0.2) is 0 Å². The van der Waals surface area contributed by atoms with Gasteiger partial charge in [0.1, 0.15) is 0 Å². The average Bonchev–Trinajstić information content (AvgIpc) is 2.87. The van der Waals surface area contributed by atoms with Crippen molar-refractivity contribution in [3.63, 3.8) is 0 Å². The molecule has 1 aromatic carbocycles. The molecule has 1 unspecified atom stereocenters. The molecule has 0 aliphatic carbocycles. The Morgan fingerprint density at radius 3 is 2.84 bits per heavy atom. The number of nitrogens with two attached hydrogens (primary N) is 1. The summed E-state index contributed by atoms with van der Waals surface area (Å²) < 4.78 is 3.04. The minimum absolute atomic E-state index is 0.0984. The van der Waals surface area contributed by atoms with Gasteiger partial charge in [0, 0.05) is 17.2 Å². The van der Waals surface area contributed by atoms with E-state index in [9.17, 15) is 0 Å². The average molecular weight is 323 g/mol. The van der Waals surface area contributed by atoms with E-state index in [1.807, 2.05) is 10.9 Å². The first kappa shape index (κ1) is 14.2. The molecule has 0 aliphatic rings. The predicted molar refractivity (Wildman–Crippen MR) is 80.5 cm³/mol. The van der Waals surface area contributed by atoms with Crippen molar-refractivity contribution in [1.82, 2.24) is 15.2 Å². The van der Waals surface area contributed by atoms with Crippen molar-refractivity contribution in [1.29, 1.82) is 0 Å². The molecule has 0 amide bonds. The lowest BCUT2D eigenvalue weighted by Gasteiger charge is -2.16. The van der Waals surface area contributed by atoms with E-state index < -0.39 is 0 Å². The number of nitrogens with zero attached hydrogens (tertiary/aromatic N) is 2. The van der Waals surface area contributed by atoms with Crippen LogP contribution in [0.2, 0.25) is 0 Å². The molecule has 0 saturated carbocycles. The Kier molecular flexibility index (Phi) is 4.74. The smallest absolute Gasteiger partial charge is 0.0522 e. The second kappa shape index (κ2) is 6.32. The minimum atomic E-state index is 0.0984. The zero-order valence-corrected chi connectivity index (χ0v) is 12.8. The van der Waals surface area contributed by atoms with E-state index in [2.05, 4.69) is 64.7 Å². The molecule has 0 aliphatic heterocycles. The van der Waals surface area contributed by atoms with Gasteiger partial charge in [-0.3, -0.25) is 16.0 Å². The van der Waals surface area contributed by atoms with Gasteiger partial charge in [-0.05, 0) is 43.0 Å². The van der Waals surface area contributed by atoms with Crippen LogP contribution < -0.4 is 11.3 Å². The number of halogens is 1. The van der Waals surface area contributed by atoms with E-state index in [-0.39, 0.29) is 6.04 Å². The summed E-state index contributed by atoms with van der Waals surface area (Å²) in [5.41, 5.74) is 6.47. The Morgan fingerprint density at radius 2 is 2.26 bits per heavy atom. The molecule has 0 radical (unpaired) electrons. The molecule has 0 fully saturated rings. The van der Waals surface area contributed by atoms with Crippen molar-refractivity contribution in [3.8, 4) is 0 Å². The Morgan fingerprint density at radius 1 is 1.47 bits per heavy atom. The van der Waals surface area contributed by atoms with E-state index in [4.69, 9.17) is 5.84 Å². The van der Waals surface area contributed by atoms with Crippen LogP contribution in [0.1, 0.15) is 29.7 Å². The lowest BCUT2D eigenvalue weighted by molar-refractivity contribution is 0.551. The maximum absolute atomic E-state index is 5.69. The van der Waals surface area contributed by atoms with E-state index in [0.717, 1.165) is 17.4 Å². The summed E-state index contributed by atoms with van der Waals surface area (Å²) in [6.45, 7) is 5.04. The van der Waals surface area contributed by atoms with Crippen LogP contribution in [0.4, 0.5) is 0 Å². The molecule has 0 bridgehead atoms. The zero-order valence-electron chi connectivity index (χ0n) is 11.2. The standard InChI is InChI=1S/C14H19BrN4/c1-3-19-9-11(8-17-19)7-14(18-16)12-4-5-13(15)10(2)6-12/h4-6,8-9,14,18H,3,7,16H2,1-2H3. The highest BCUT2D eigenvalue weighted by Gasteiger charge is 2.12. The molecule has 2 aromatic rings. The Balaban J connectivity index is 2.17. The molecule has 1 atom stereocenters. The fourth-order valence-electron chi connectivity index (χ4n) is 2.08. The summed E-state index contributed by atoms with van der Waals surface area (Å²) in [5.74, 6) is 5.69. The second-order valence-electron chi connectivity index (χ2n) is 4.64. The van der Waals surface area contributed by atoms with Crippen molar-refractivity contribution in [2.45, 2.75) is 32.9 Å². The number of hydrogen-bond donors (Lipinski definition) is 2. The summed E-state index contributed by atoms with van der Waals surface area (Å²) in [6, 6.07) is 6.40. The number of rotatable bonds is 5. The predicted octanol–water partition coefficient (Wildman–Crippen LogP) is 2.72. The van der Waals surface area contributed by atoms with Crippen LogP contribution in [0.3, 0.4) is 0 Å². The van der Waals surface area contributed by atoms with Gasteiger partial charge >= 0.3 is 0 Å². The number of nitrogens with one attached hydrogen (secondary N) is 1. The van der Waals surface area contributed by atoms with Gasteiger partial charge < -0.3 is 0 Å². The highest BCUT2D eigenvalue weighted by atomic mass is 79.9. The van der Waals surface area contributed by atoms with Gasteiger partial charge in [-0.1, -0.05) is 28.1 Å². The number of hydrogen-bond acceptors (Lipinski definition) is 3. The second-order valence-corrected chi connectivity index (χ2v) is 5.49. The number of aromatic nitrogens is 2. The van der Waals surface area contributed by atoms with Crippen molar-refractivity contribution in [2.24, 2.45) is 5.84 Å². The van der Waals surface area contributed by atoms with E-state index in [1.165, 1.54) is 16.7 Å². The zero-order chi connectivity index (χ0) is 13.8. The van der Waals surface area contributed by atoms with Gasteiger partial charge in [0.05, 0.1) is 12.2 Å². The Bertz CT molecular complexity index is 550. The number of aryl methyl sites for hydroxylation is 2. The summed E-state index contributed by atoms with van der Waals surface area (Å²) in [6.07, 6.45) is 4.80. The maximum atomic E-state index is 5.69. The van der Waals surface area contributed by atoms with Crippen LogP contribution in [0, 0.1) is 6.92 Å². The van der Waals surface area contributed by atoms with Crippen molar-refractivity contribution in [2.75, 3.05) is 0 Å². The molecule has 102 valence electrons. The number of benzene rings is 1. The first-order chi connectivity index (χ1) is 9.13. The summed E-state index contributed by atoms with van der Waals surface area (Å²) >= 11 is 3.51. The Labute approximate surface area is 122 Å². The maximum Gasteiger partial charge on any atom is 0.0522 e. The third-order valence-corrected chi connectivity index (χ3v) is 4.13. The highest BCUT2D eigenvalue weighted by molar-refractivity contribution is 9.10. The molecule has 1 aromatic heterocycles. The van der Waals surface area contributed by atoms with E-state index in [1.54, 1.807) is 0 Å².